The highest BCUT2D eigenvalue weighted by molar-refractivity contribution is 5.97. The van der Waals surface area contributed by atoms with Gasteiger partial charge in [0.15, 0.2) is 0 Å². The minimum Gasteiger partial charge on any atom is -0.391 e. The summed E-state index contributed by atoms with van der Waals surface area (Å²) in [6, 6.07) is 13.6. The first-order chi connectivity index (χ1) is 19.9. The van der Waals surface area contributed by atoms with Gasteiger partial charge in [-0.3, -0.25) is 19.6 Å². The molecule has 3 aromatic rings. The van der Waals surface area contributed by atoms with E-state index in [2.05, 4.69) is 27.8 Å². The molecule has 0 bridgehead atoms. The van der Waals surface area contributed by atoms with Crippen LogP contribution >= 0.6 is 0 Å². The molecule has 0 saturated heterocycles. The van der Waals surface area contributed by atoms with Crippen LogP contribution < -0.4 is 21.4 Å². The van der Waals surface area contributed by atoms with Gasteiger partial charge < -0.3 is 21.1 Å². The van der Waals surface area contributed by atoms with Crippen LogP contribution in [-0.2, 0) is 22.3 Å². The number of halogens is 4. The Morgan fingerprint density at radius 3 is 2.07 bits per heavy atom. The predicted molar refractivity (Wildman–Crippen MR) is 143 cm³/mol. The molecule has 0 spiro atoms. The van der Waals surface area contributed by atoms with E-state index in [4.69, 9.17) is 5.21 Å². The van der Waals surface area contributed by atoms with Crippen molar-refractivity contribution in [1.82, 2.24) is 16.1 Å². The first kappa shape index (κ1) is 31.8. The van der Waals surface area contributed by atoms with Gasteiger partial charge in [-0.2, -0.15) is 13.2 Å². The van der Waals surface area contributed by atoms with Crippen molar-refractivity contribution in [3.8, 4) is 11.8 Å². The average Bonchev–Trinajstić information content (AvgIpc) is 2.95. The van der Waals surface area contributed by atoms with E-state index >= 15 is 0 Å². The molecule has 13 heteroatoms. The van der Waals surface area contributed by atoms with Gasteiger partial charge >= 0.3 is 6.18 Å². The van der Waals surface area contributed by atoms with E-state index < -0.39 is 47.4 Å². The number of hydrogen-bond donors (Lipinski definition) is 6. The van der Waals surface area contributed by atoms with Gasteiger partial charge in [-0.05, 0) is 73.2 Å². The van der Waals surface area contributed by atoms with E-state index in [1.54, 1.807) is 36.4 Å². The number of anilines is 1. The van der Waals surface area contributed by atoms with Crippen LogP contribution in [0.25, 0.3) is 0 Å². The Kier molecular flexibility index (Phi) is 10.8. The first-order valence-corrected chi connectivity index (χ1v) is 12.4. The highest BCUT2D eigenvalue weighted by Gasteiger charge is 2.33. The molecule has 3 amide bonds. The molecule has 0 saturated carbocycles. The molecule has 3 aromatic carbocycles. The summed E-state index contributed by atoms with van der Waals surface area (Å²) in [4.78, 5) is 36.1. The van der Waals surface area contributed by atoms with Gasteiger partial charge in [0.1, 0.15) is 11.9 Å². The monoisotopic (exact) mass is 586 g/mol. The summed E-state index contributed by atoms with van der Waals surface area (Å²) < 4.78 is 52.5. The molecule has 0 aliphatic carbocycles. The summed E-state index contributed by atoms with van der Waals surface area (Å²) in [5, 5.41) is 25.9. The van der Waals surface area contributed by atoms with Crippen LogP contribution in [0.2, 0.25) is 0 Å². The van der Waals surface area contributed by atoms with Gasteiger partial charge in [-0.15, -0.1) is 0 Å². The van der Waals surface area contributed by atoms with Crippen molar-refractivity contribution < 1.29 is 42.3 Å². The maximum absolute atomic E-state index is 13.2. The number of aliphatic hydroxyl groups excluding tert-OH is 1. The fourth-order valence-electron chi connectivity index (χ4n) is 3.67. The Bertz CT molecular complexity index is 1480. The topological polar surface area (TPSA) is 140 Å². The molecule has 0 aliphatic heterocycles. The summed E-state index contributed by atoms with van der Waals surface area (Å²) in [5.74, 6) is 2.74. The predicted octanol–water partition coefficient (Wildman–Crippen LogP) is 2.96. The lowest BCUT2D eigenvalue weighted by Gasteiger charge is -2.19. The summed E-state index contributed by atoms with van der Waals surface area (Å²) in [6.45, 7) is 0.720. The number of alkyl halides is 3. The zero-order valence-electron chi connectivity index (χ0n) is 22.1. The lowest BCUT2D eigenvalue weighted by Crippen LogP contribution is -2.51. The number of carbonyl (C=O) groups is 3. The van der Waals surface area contributed by atoms with Gasteiger partial charge in [0.2, 0.25) is 5.91 Å². The Balaban J connectivity index is 1.52. The molecule has 0 unspecified atom stereocenters. The van der Waals surface area contributed by atoms with Gasteiger partial charge in [-0.1, -0.05) is 17.9 Å². The number of hydrogen-bond acceptors (Lipinski definition) is 6. The smallest absolute Gasteiger partial charge is 0.391 e. The molecule has 220 valence electrons. The van der Waals surface area contributed by atoms with Crippen LogP contribution in [0.4, 0.5) is 23.2 Å². The lowest BCUT2D eigenvalue weighted by molar-refractivity contribution is -0.138. The van der Waals surface area contributed by atoms with Crippen LogP contribution in [0.1, 0.15) is 39.5 Å². The summed E-state index contributed by atoms with van der Waals surface area (Å²) >= 11 is 0. The van der Waals surface area contributed by atoms with Crippen molar-refractivity contribution in [2.24, 2.45) is 0 Å². The van der Waals surface area contributed by atoms with Crippen LogP contribution in [0.15, 0.2) is 66.7 Å². The fraction of sp³-hybridized carbons (Fsp3) is 0.207. The Morgan fingerprint density at radius 1 is 0.929 bits per heavy atom. The summed E-state index contributed by atoms with van der Waals surface area (Å²) in [7, 11) is 0. The second kappa shape index (κ2) is 14.2. The summed E-state index contributed by atoms with van der Waals surface area (Å²) in [5.41, 5.74) is 1.91. The van der Waals surface area contributed by atoms with E-state index in [0.29, 0.717) is 22.9 Å². The molecule has 9 nitrogen and oxygen atoms in total. The average molecular weight is 587 g/mol. The highest BCUT2D eigenvalue weighted by Crippen LogP contribution is 2.32. The van der Waals surface area contributed by atoms with E-state index in [1.807, 2.05) is 0 Å². The number of carbonyl (C=O) groups excluding carboxylic acids is 3. The van der Waals surface area contributed by atoms with E-state index in [-0.39, 0.29) is 24.2 Å². The van der Waals surface area contributed by atoms with Crippen molar-refractivity contribution in [3.05, 3.63) is 100 Å². The largest absolute Gasteiger partial charge is 0.416 e. The number of hydroxylamine groups is 1. The second-order valence-electron chi connectivity index (χ2n) is 9.02. The molecule has 6 N–H and O–H groups in total. The number of nitrogens with one attached hydrogen (secondary N) is 4. The minimum absolute atomic E-state index is 0.186. The zero-order chi connectivity index (χ0) is 30.9. The van der Waals surface area contributed by atoms with E-state index in [1.165, 1.54) is 24.5 Å². The molecule has 0 heterocycles. The maximum atomic E-state index is 13.2. The van der Waals surface area contributed by atoms with E-state index in [0.717, 1.165) is 12.1 Å². The van der Waals surface area contributed by atoms with Crippen LogP contribution in [0, 0.1) is 17.7 Å². The zero-order valence-corrected chi connectivity index (χ0v) is 22.1. The summed E-state index contributed by atoms with van der Waals surface area (Å²) in [6.07, 6.45) is -5.97. The Hall–Kier alpha value is -4.77. The third-order valence-electron chi connectivity index (χ3n) is 5.81. The molecular weight excluding hydrogens is 560 g/mol. The number of benzene rings is 3. The molecule has 0 aromatic heterocycles. The van der Waals surface area contributed by atoms with Crippen LogP contribution in [-0.4, -0.2) is 46.7 Å². The van der Waals surface area contributed by atoms with Gasteiger partial charge in [0.25, 0.3) is 11.8 Å². The second-order valence-corrected chi connectivity index (χ2v) is 9.02. The molecule has 3 rings (SSSR count). The van der Waals surface area contributed by atoms with Gasteiger partial charge in [0, 0.05) is 28.9 Å². The Labute approximate surface area is 237 Å². The fourth-order valence-corrected chi connectivity index (χ4v) is 3.67. The quantitative estimate of drug-likeness (QED) is 0.0987. The number of rotatable bonds is 9. The van der Waals surface area contributed by atoms with Gasteiger partial charge in [0.05, 0.1) is 18.2 Å². The first-order valence-electron chi connectivity index (χ1n) is 12.4. The highest BCUT2D eigenvalue weighted by atomic mass is 19.4. The van der Waals surface area contributed by atoms with Crippen molar-refractivity contribution in [3.63, 3.8) is 0 Å². The molecule has 42 heavy (non-hydrogen) atoms. The van der Waals surface area contributed by atoms with Crippen LogP contribution in [0.3, 0.4) is 0 Å². The van der Waals surface area contributed by atoms with Gasteiger partial charge in [-0.25, -0.2) is 9.87 Å². The third kappa shape index (κ3) is 9.13. The molecule has 0 fully saturated rings. The SMILES string of the molecule is C[C@@H](O)[C@H](NC(=O)c1ccc(C#Cc2ccc(NC(=O)CNCc3ccc(F)cc3C(F)(F)F)cc2)cc1)C(=O)NO. The third-order valence-corrected chi connectivity index (χ3v) is 5.81. The van der Waals surface area contributed by atoms with Crippen molar-refractivity contribution in [1.29, 1.82) is 0 Å². The number of aliphatic hydroxyl groups is 1. The van der Waals surface area contributed by atoms with Crippen molar-refractivity contribution >= 4 is 23.4 Å². The standard InChI is InChI=1S/C29H26F4N4O5/c1-17(38)26(28(41)37-42)36-27(40)20-8-4-18(5-9-20)2-3-19-6-12-23(13-7-19)35-25(39)16-34-15-21-10-11-22(30)14-24(21)29(31,32)33/h4-14,17,26,34,38,42H,15-16H2,1H3,(H,35,39)(H,36,40)(H,37,41)/t17-,26+/m1/s1. The maximum Gasteiger partial charge on any atom is 0.416 e. The van der Waals surface area contributed by atoms with Crippen LogP contribution in [0.5, 0.6) is 0 Å². The minimum atomic E-state index is -4.72. The Morgan fingerprint density at radius 2 is 1.52 bits per heavy atom. The van der Waals surface area contributed by atoms with Crippen molar-refractivity contribution in [2.45, 2.75) is 31.8 Å². The number of amides is 3. The molecule has 2 atom stereocenters. The van der Waals surface area contributed by atoms with Crippen molar-refractivity contribution in [2.75, 3.05) is 11.9 Å². The lowest BCUT2D eigenvalue weighted by atomic mass is 10.1. The molecule has 0 aliphatic rings. The molecule has 0 radical (unpaired) electrons. The van der Waals surface area contributed by atoms with E-state index in [9.17, 15) is 37.1 Å². The molecular formula is C29H26F4N4O5. The normalized spacial score (nSPS) is 12.4.